The summed E-state index contributed by atoms with van der Waals surface area (Å²) in [6, 6.07) is 0.0346. The number of carbonyl (C=O) groups excluding carboxylic acids is 1. The average molecular weight is 305 g/mol. The molecule has 2 aliphatic rings. The highest BCUT2D eigenvalue weighted by molar-refractivity contribution is 5.96. The number of carbonyl (C=O) groups is 1. The molecule has 6 nitrogen and oxygen atoms in total. The van der Waals surface area contributed by atoms with E-state index in [0.29, 0.717) is 25.2 Å². The van der Waals surface area contributed by atoms with Crippen LogP contribution >= 0.6 is 0 Å². The standard InChI is InChI=1S/C16H23N3O3/c1-4-12-13-15(18-14(17-12)10(2)3)19-6-5-7-21-8-11(19)9-22-16(13)20/h10-11H,4-9H2,1-3H3. The number of aromatic nitrogens is 2. The largest absolute Gasteiger partial charge is 0.460 e. The number of ether oxygens (including phenoxy) is 2. The fourth-order valence-corrected chi connectivity index (χ4v) is 2.93. The molecule has 0 amide bonds. The summed E-state index contributed by atoms with van der Waals surface area (Å²) >= 11 is 0. The Bertz CT molecular complexity index is 574. The van der Waals surface area contributed by atoms with Gasteiger partial charge in [0.2, 0.25) is 0 Å². The second-order valence-electron chi connectivity index (χ2n) is 6.11. The van der Waals surface area contributed by atoms with Gasteiger partial charge >= 0.3 is 5.97 Å². The molecule has 1 fully saturated rings. The lowest BCUT2D eigenvalue weighted by Gasteiger charge is -2.28. The molecule has 22 heavy (non-hydrogen) atoms. The summed E-state index contributed by atoms with van der Waals surface area (Å²) in [5, 5.41) is 0. The second-order valence-corrected chi connectivity index (χ2v) is 6.11. The van der Waals surface area contributed by atoms with Gasteiger partial charge in [0.15, 0.2) is 0 Å². The smallest absolute Gasteiger partial charge is 0.343 e. The van der Waals surface area contributed by atoms with Crippen molar-refractivity contribution in [3.63, 3.8) is 0 Å². The summed E-state index contributed by atoms with van der Waals surface area (Å²) in [6.45, 7) is 8.61. The van der Waals surface area contributed by atoms with Crippen molar-refractivity contribution in [3.8, 4) is 0 Å². The van der Waals surface area contributed by atoms with Gasteiger partial charge in [-0.3, -0.25) is 0 Å². The number of cyclic esters (lactones) is 1. The van der Waals surface area contributed by atoms with E-state index in [4.69, 9.17) is 14.5 Å². The highest BCUT2D eigenvalue weighted by atomic mass is 16.5. The summed E-state index contributed by atoms with van der Waals surface area (Å²) in [5.41, 5.74) is 1.32. The van der Waals surface area contributed by atoms with Crippen LogP contribution in [0.15, 0.2) is 0 Å². The number of hydrogen-bond donors (Lipinski definition) is 0. The lowest BCUT2D eigenvalue weighted by Crippen LogP contribution is -2.40. The molecule has 3 rings (SSSR count). The lowest BCUT2D eigenvalue weighted by atomic mass is 10.1. The Morgan fingerprint density at radius 1 is 1.32 bits per heavy atom. The third-order valence-electron chi connectivity index (χ3n) is 4.16. The van der Waals surface area contributed by atoms with Gasteiger partial charge in [0.1, 0.15) is 23.8 Å². The van der Waals surface area contributed by atoms with Crippen LogP contribution < -0.4 is 4.90 Å². The first-order valence-corrected chi connectivity index (χ1v) is 8.04. The molecule has 0 saturated carbocycles. The number of fused-ring (bicyclic) bond motifs is 3. The van der Waals surface area contributed by atoms with Gasteiger partial charge < -0.3 is 14.4 Å². The number of hydrogen-bond acceptors (Lipinski definition) is 6. The van der Waals surface area contributed by atoms with Gasteiger partial charge in [-0.15, -0.1) is 0 Å². The van der Waals surface area contributed by atoms with E-state index in [2.05, 4.69) is 23.7 Å². The molecule has 0 aliphatic carbocycles. The maximum Gasteiger partial charge on any atom is 0.343 e. The predicted molar refractivity (Wildman–Crippen MR) is 82.4 cm³/mol. The first-order valence-electron chi connectivity index (χ1n) is 8.04. The van der Waals surface area contributed by atoms with Crippen LogP contribution in [0.4, 0.5) is 5.82 Å². The highest BCUT2D eigenvalue weighted by Gasteiger charge is 2.34. The van der Waals surface area contributed by atoms with E-state index in [1.807, 2.05) is 6.92 Å². The van der Waals surface area contributed by atoms with Crippen molar-refractivity contribution in [1.29, 1.82) is 0 Å². The minimum Gasteiger partial charge on any atom is -0.460 e. The van der Waals surface area contributed by atoms with E-state index in [1.54, 1.807) is 0 Å². The number of anilines is 1. The summed E-state index contributed by atoms with van der Waals surface area (Å²) in [4.78, 5) is 23.9. The monoisotopic (exact) mass is 305 g/mol. The fourth-order valence-electron chi connectivity index (χ4n) is 2.93. The third-order valence-corrected chi connectivity index (χ3v) is 4.16. The van der Waals surface area contributed by atoms with Gasteiger partial charge in [0, 0.05) is 19.1 Å². The lowest BCUT2D eigenvalue weighted by molar-refractivity contribution is 0.0437. The van der Waals surface area contributed by atoms with E-state index in [-0.39, 0.29) is 17.9 Å². The second kappa shape index (κ2) is 6.20. The van der Waals surface area contributed by atoms with E-state index in [1.165, 1.54) is 0 Å². The Balaban J connectivity index is 2.16. The Morgan fingerprint density at radius 2 is 2.14 bits per heavy atom. The molecule has 1 unspecified atom stereocenters. The fraction of sp³-hybridized carbons (Fsp3) is 0.688. The molecule has 0 N–H and O–H groups in total. The summed E-state index contributed by atoms with van der Waals surface area (Å²) in [7, 11) is 0. The molecule has 2 aliphatic heterocycles. The third kappa shape index (κ3) is 2.67. The van der Waals surface area contributed by atoms with Crippen LogP contribution in [-0.4, -0.2) is 48.3 Å². The maximum atomic E-state index is 12.4. The normalized spacial score (nSPS) is 21.7. The molecule has 0 spiro atoms. The van der Waals surface area contributed by atoms with Crippen LogP contribution in [0.2, 0.25) is 0 Å². The summed E-state index contributed by atoms with van der Waals surface area (Å²) < 4.78 is 11.1. The Morgan fingerprint density at radius 3 is 2.86 bits per heavy atom. The van der Waals surface area contributed by atoms with Crippen molar-refractivity contribution in [2.45, 2.75) is 45.6 Å². The minimum atomic E-state index is -0.310. The van der Waals surface area contributed by atoms with Crippen molar-refractivity contribution < 1.29 is 14.3 Å². The van der Waals surface area contributed by atoms with Gasteiger partial charge in [-0.2, -0.15) is 0 Å². The number of nitrogens with zero attached hydrogens (tertiary/aromatic N) is 3. The molecular formula is C16H23N3O3. The van der Waals surface area contributed by atoms with Crippen LogP contribution in [0.5, 0.6) is 0 Å². The van der Waals surface area contributed by atoms with E-state index >= 15 is 0 Å². The first-order chi connectivity index (χ1) is 10.6. The van der Waals surface area contributed by atoms with Crippen molar-refractivity contribution in [2.24, 2.45) is 0 Å². The number of aryl methyl sites for hydroxylation is 1. The first kappa shape index (κ1) is 15.2. The van der Waals surface area contributed by atoms with E-state index < -0.39 is 0 Å². The number of esters is 1. The molecule has 1 aromatic rings. The Kier molecular flexibility index (Phi) is 4.29. The van der Waals surface area contributed by atoms with Crippen molar-refractivity contribution in [3.05, 3.63) is 17.1 Å². The van der Waals surface area contributed by atoms with Gasteiger partial charge in [-0.25, -0.2) is 14.8 Å². The Labute approximate surface area is 130 Å². The summed E-state index contributed by atoms with van der Waals surface area (Å²) in [5.74, 6) is 1.43. The van der Waals surface area contributed by atoms with Crippen molar-refractivity contribution in [1.82, 2.24) is 9.97 Å². The van der Waals surface area contributed by atoms with Crippen LogP contribution in [0.3, 0.4) is 0 Å². The van der Waals surface area contributed by atoms with E-state index in [9.17, 15) is 4.79 Å². The SMILES string of the molecule is CCc1nc(C(C)C)nc2c1C(=O)OCC1COCCCN21. The van der Waals surface area contributed by atoms with Crippen LogP contribution in [-0.2, 0) is 15.9 Å². The molecular weight excluding hydrogens is 282 g/mol. The van der Waals surface area contributed by atoms with E-state index in [0.717, 1.165) is 36.9 Å². The molecule has 6 heteroatoms. The predicted octanol–water partition coefficient (Wildman–Crippen LogP) is 1.93. The Hall–Kier alpha value is -1.69. The molecule has 1 aromatic heterocycles. The van der Waals surface area contributed by atoms with Gasteiger partial charge in [0.05, 0.1) is 18.3 Å². The molecule has 0 radical (unpaired) electrons. The van der Waals surface area contributed by atoms with Crippen LogP contribution in [0, 0.1) is 0 Å². The minimum absolute atomic E-state index is 0.0346. The average Bonchev–Trinajstić information content (AvgIpc) is 2.82. The molecule has 0 aromatic carbocycles. The number of rotatable bonds is 2. The molecule has 120 valence electrons. The topological polar surface area (TPSA) is 64.5 Å². The highest BCUT2D eigenvalue weighted by Crippen LogP contribution is 2.30. The van der Waals surface area contributed by atoms with Crippen LogP contribution in [0.25, 0.3) is 0 Å². The van der Waals surface area contributed by atoms with Gasteiger partial charge in [-0.1, -0.05) is 20.8 Å². The van der Waals surface area contributed by atoms with Crippen molar-refractivity contribution in [2.75, 3.05) is 31.3 Å². The van der Waals surface area contributed by atoms with Crippen LogP contribution in [0.1, 0.15) is 55.0 Å². The zero-order chi connectivity index (χ0) is 15.7. The molecule has 0 bridgehead atoms. The maximum absolute atomic E-state index is 12.4. The van der Waals surface area contributed by atoms with Gasteiger partial charge in [0.25, 0.3) is 0 Å². The molecule has 3 heterocycles. The zero-order valence-electron chi connectivity index (χ0n) is 13.5. The van der Waals surface area contributed by atoms with Crippen molar-refractivity contribution >= 4 is 11.8 Å². The molecule has 1 saturated heterocycles. The molecule has 1 atom stereocenters. The zero-order valence-corrected chi connectivity index (χ0v) is 13.5. The quantitative estimate of drug-likeness (QED) is 0.778. The van der Waals surface area contributed by atoms with Gasteiger partial charge in [-0.05, 0) is 12.8 Å². The summed E-state index contributed by atoms with van der Waals surface area (Å²) in [6.07, 6.45) is 1.61.